The van der Waals surface area contributed by atoms with Crippen molar-refractivity contribution in [2.45, 2.75) is 37.1 Å². The summed E-state index contributed by atoms with van der Waals surface area (Å²) < 4.78 is 27.4. The van der Waals surface area contributed by atoms with Crippen LogP contribution in [0.4, 0.5) is 0 Å². The maximum atomic E-state index is 12.9. The fourth-order valence-corrected chi connectivity index (χ4v) is 4.85. The Morgan fingerprint density at radius 1 is 1.22 bits per heavy atom. The van der Waals surface area contributed by atoms with Crippen LogP contribution < -0.4 is 0 Å². The fourth-order valence-electron chi connectivity index (χ4n) is 3.11. The van der Waals surface area contributed by atoms with E-state index in [0.717, 1.165) is 13.1 Å². The Morgan fingerprint density at radius 3 is 2.39 bits per heavy atom. The van der Waals surface area contributed by atoms with Crippen LogP contribution in [0, 0.1) is 0 Å². The highest BCUT2D eigenvalue weighted by Gasteiger charge is 2.35. The average molecular weight is 338 g/mol. The van der Waals surface area contributed by atoms with Gasteiger partial charge in [-0.05, 0) is 37.0 Å². The first-order valence-electron chi connectivity index (χ1n) is 8.04. The zero-order valence-electron chi connectivity index (χ0n) is 13.2. The standard InChI is InChI=1S/C16H22N2O4S/c1-2-12-3-4-13(16(19)20)11-15(12)23(21,22)18-9-7-17(8-10-18)14-5-6-14/h3-4,11,14H,2,5-10H2,1H3,(H,19,20). The molecule has 7 heteroatoms. The molecule has 0 atom stereocenters. The number of carboxylic acids is 1. The van der Waals surface area contributed by atoms with E-state index in [4.69, 9.17) is 5.11 Å². The van der Waals surface area contributed by atoms with Gasteiger partial charge >= 0.3 is 5.97 Å². The number of hydrogen-bond donors (Lipinski definition) is 1. The lowest BCUT2D eigenvalue weighted by molar-refractivity contribution is 0.0696. The Morgan fingerprint density at radius 2 is 1.87 bits per heavy atom. The van der Waals surface area contributed by atoms with Gasteiger partial charge in [0.15, 0.2) is 0 Å². The molecule has 1 N–H and O–H groups in total. The zero-order chi connectivity index (χ0) is 16.6. The molecule has 0 radical (unpaired) electrons. The van der Waals surface area contributed by atoms with Crippen molar-refractivity contribution in [3.05, 3.63) is 29.3 Å². The van der Waals surface area contributed by atoms with Crippen LogP contribution in [0.2, 0.25) is 0 Å². The molecule has 3 rings (SSSR count). The van der Waals surface area contributed by atoms with Gasteiger partial charge in [-0.3, -0.25) is 4.90 Å². The van der Waals surface area contributed by atoms with E-state index in [0.29, 0.717) is 31.1 Å². The lowest BCUT2D eigenvalue weighted by atomic mass is 10.1. The smallest absolute Gasteiger partial charge is 0.335 e. The van der Waals surface area contributed by atoms with E-state index in [1.54, 1.807) is 6.07 Å². The third-order valence-electron chi connectivity index (χ3n) is 4.65. The third-order valence-corrected chi connectivity index (χ3v) is 6.63. The quantitative estimate of drug-likeness (QED) is 0.878. The lowest BCUT2D eigenvalue weighted by Gasteiger charge is -2.34. The first kappa shape index (κ1) is 16.4. The van der Waals surface area contributed by atoms with Gasteiger partial charge in [-0.15, -0.1) is 0 Å². The molecular weight excluding hydrogens is 316 g/mol. The van der Waals surface area contributed by atoms with E-state index in [9.17, 15) is 13.2 Å². The van der Waals surface area contributed by atoms with Crippen molar-refractivity contribution < 1.29 is 18.3 Å². The molecule has 1 heterocycles. The minimum atomic E-state index is -3.65. The summed E-state index contributed by atoms with van der Waals surface area (Å²) in [7, 11) is -3.65. The van der Waals surface area contributed by atoms with E-state index < -0.39 is 16.0 Å². The molecule has 1 saturated heterocycles. The van der Waals surface area contributed by atoms with Gasteiger partial charge in [0.1, 0.15) is 0 Å². The van der Waals surface area contributed by atoms with Gasteiger partial charge in [-0.2, -0.15) is 4.31 Å². The van der Waals surface area contributed by atoms with Crippen LogP contribution in [0.1, 0.15) is 35.7 Å². The van der Waals surface area contributed by atoms with Crippen molar-refractivity contribution in [1.29, 1.82) is 0 Å². The second-order valence-corrected chi connectivity index (χ2v) is 8.06. The SMILES string of the molecule is CCc1ccc(C(=O)O)cc1S(=O)(=O)N1CCN(C2CC2)CC1. The van der Waals surface area contributed by atoms with E-state index in [1.807, 2.05) is 6.92 Å². The van der Waals surface area contributed by atoms with Crippen molar-refractivity contribution in [1.82, 2.24) is 9.21 Å². The van der Waals surface area contributed by atoms with Crippen molar-refractivity contribution in [3.8, 4) is 0 Å². The van der Waals surface area contributed by atoms with E-state index >= 15 is 0 Å². The molecule has 0 spiro atoms. The molecule has 0 aromatic heterocycles. The molecule has 1 aromatic rings. The van der Waals surface area contributed by atoms with E-state index in [2.05, 4.69) is 4.90 Å². The monoisotopic (exact) mass is 338 g/mol. The zero-order valence-corrected chi connectivity index (χ0v) is 14.1. The second kappa shape index (κ2) is 6.22. The maximum Gasteiger partial charge on any atom is 0.335 e. The summed E-state index contributed by atoms with van der Waals surface area (Å²) in [6.07, 6.45) is 2.98. The van der Waals surface area contributed by atoms with Crippen LogP contribution in [0.15, 0.2) is 23.1 Å². The number of carbonyl (C=O) groups is 1. The van der Waals surface area contributed by atoms with E-state index in [1.165, 1.54) is 29.3 Å². The number of carboxylic acid groups (broad SMARTS) is 1. The van der Waals surface area contributed by atoms with Crippen molar-refractivity contribution in [2.24, 2.45) is 0 Å². The third kappa shape index (κ3) is 3.27. The Bertz CT molecular complexity index is 705. The lowest BCUT2D eigenvalue weighted by Crippen LogP contribution is -2.49. The number of nitrogens with zero attached hydrogens (tertiary/aromatic N) is 2. The van der Waals surface area contributed by atoms with Gasteiger partial charge in [0, 0.05) is 32.2 Å². The summed E-state index contributed by atoms with van der Waals surface area (Å²) in [6, 6.07) is 5.01. The minimum absolute atomic E-state index is 0.0115. The predicted molar refractivity (Wildman–Crippen MR) is 86.1 cm³/mol. The van der Waals surface area contributed by atoms with Crippen LogP contribution in [0.25, 0.3) is 0 Å². The molecule has 2 aliphatic rings. The molecule has 23 heavy (non-hydrogen) atoms. The molecule has 1 aromatic carbocycles. The molecule has 1 aliphatic heterocycles. The highest BCUT2D eigenvalue weighted by Crippen LogP contribution is 2.29. The number of aryl methyl sites for hydroxylation is 1. The van der Waals surface area contributed by atoms with E-state index in [-0.39, 0.29) is 10.5 Å². The van der Waals surface area contributed by atoms with Gasteiger partial charge in [-0.25, -0.2) is 13.2 Å². The largest absolute Gasteiger partial charge is 0.478 e. The molecule has 1 aliphatic carbocycles. The average Bonchev–Trinajstić information content (AvgIpc) is 3.39. The van der Waals surface area contributed by atoms with Crippen LogP contribution in [0.3, 0.4) is 0 Å². The summed E-state index contributed by atoms with van der Waals surface area (Å²) in [5, 5.41) is 9.14. The van der Waals surface area contributed by atoms with Gasteiger partial charge in [-0.1, -0.05) is 13.0 Å². The number of hydrogen-bond acceptors (Lipinski definition) is 4. The number of rotatable bonds is 5. The minimum Gasteiger partial charge on any atom is -0.478 e. The van der Waals surface area contributed by atoms with Crippen molar-refractivity contribution in [3.63, 3.8) is 0 Å². The van der Waals surface area contributed by atoms with Crippen LogP contribution in [-0.2, 0) is 16.4 Å². The highest BCUT2D eigenvalue weighted by molar-refractivity contribution is 7.89. The van der Waals surface area contributed by atoms with Crippen LogP contribution in [0.5, 0.6) is 0 Å². The Labute approximate surface area is 136 Å². The highest BCUT2D eigenvalue weighted by atomic mass is 32.2. The molecule has 126 valence electrons. The molecule has 0 unspecified atom stereocenters. The molecule has 6 nitrogen and oxygen atoms in total. The second-order valence-electron chi connectivity index (χ2n) is 6.15. The molecule has 0 bridgehead atoms. The molecule has 1 saturated carbocycles. The van der Waals surface area contributed by atoms with Gasteiger partial charge in [0.05, 0.1) is 10.5 Å². The molecule has 2 fully saturated rings. The number of sulfonamides is 1. The summed E-state index contributed by atoms with van der Waals surface area (Å²) in [4.78, 5) is 13.7. The van der Waals surface area contributed by atoms with Crippen LogP contribution >= 0.6 is 0 Å². The molecule has 0 amide bonds. The van der Waals surface area contributed by atoms with Crippen molar-refractivity contribution >= 4 is 16.0 Å². The first-order chi connectivity index (χ1) is 10.9. The Balaban J connectivity index is 1.86. The fraction of sp³-hybridized carbons (Fsp3) is 0.562. The number of benzene rings is 1. The normalized spacial score (nSPS) is 20.6. The van der Waals surface area contributed by atoms with Crippen LogP contribution in [-0.4, -0.2) is 60.9 Å². The Hall–Kier alpha value is -1.44. The maximum absolute atomic E-state index is 12.9. The predicted octanol–water partition coefficient (Wildman–Crippen LogP) is 1.42. The van der Waals surface area contributed by atoms with Crippen molar-refractivity contribution in [2.75, 3.05) is 26.2 Å². The van der Waals surface area contributed by atoms with Gasteiger partial charge < -0.3 is 5.11 Å². The Kier molecular flexibility index (Phi) is 4.44. The summed E-state index contributed by atoms with van der Waals surface area (Å²) in [5.74, 6) is -1.11. The number of aromatic carboxylic acids is 1. The molecular formula is C16H22N2O4S. The van der Waals surface area contributed by atoms with Gasteiger partial charge in [0.2, 0.25) is 10.0 Å². The summed E-state index contributed by atoms with van der Waals surface area (Å²) in [6.45, 7) is 4.33. The summed E-state index contributed by atoms with van der Waals surface area (Å²) in [5.41, 5.74) is 0.678. The summed E-state index contributed by atoms with van der Waals surface area (Å²) >= 11 is 0. The number of piperazine rings is 1. The first-order valence-corrected chi connectivity index (χ1v) is 9.48. The van der Waals surface area contributed by atoms with Gasteiger partial charge in [0.25, 0.3) is 0 Å². The topological polar surface area (TPSA) is 77.9 Å².